The van der Waals surface area contributed by atoms with Crippen LogP contribution < -0.4 is 16.0 Å². The first-order chi connectivity index (χ1) is 11.5. The minimum Gasteiger partial charge on any atom is -0.343 e. The molecule has 0 aromatic heterocycles. The molecule has 3 rings (SSSR count). The minimum absolute atomic E-state index is 0.0977. The summed E-state index contributed by atoms with van der Waals surface area (Å²) >= 11 is 0. The van der Waals surface area contributed by atoms with Gasteiger partial charge in [-0.05, 0) is 37.5 Å². The highest BCUT2D eigenvalue weighted by atomic mass is 16.2. The van der Waals surface area contributed by atoms with Crippen molar-refractivity contribution >= 4 is 23.5 Å². The molecule has 0 spiro atoms. The number of carbonyl (C=O) groups excluding carboxylic acids is 3. The Labute approximate surface area is 140 Å². The van der Waals surface area contributed by atoms with E-state index in [-0.39, 0.29) is 23.9 Å². The Kier molecular flexibility index (Phi) is 4.42. The second-order valence-corrected chi connectivity index (χ2v) is 6.32. The molecule has 1 aromatic rings. The van der Waals surface area contributed by atoms with Gasteiger partial charge < -0.3 is 20.9 Å². The molecule has 3 atom stereocenters. The Morgan fingerprint density at radius 3 is 2.67 bits per heavy atom. The van der Waals surface area contributed by atoms with Crippen LogP contribution in [0, 0.1) is 0 Å². The first-order valence-corrected chi connectivity index (χ1v) is 8.25. The quantitative estimate of drug-likeness (QED) is 0.768. The largest absolute Gasteiger partial charge is 0.343 e. The maximum atomic E-state index is 12.1. The van der Waals surface area contributed by atoms with E-state index in [1.165, 1.54) is 5.56 Å². The molecule has 0 saturated carbocycles. The van der Waals surface area contributed by atoms with Gasteiger partial charge in [-0.15, -0.1) is 0 Å². The number of benzene rings is 1. The first-order valence-electron chi connectivity index (χ1n) is 8.25. The molecular formula is C17H22N4O3. The summed E-state index contributed by atoms with van der Waals surface area (Å²) in [7, 11) is 0. The topological polar surface area (TPSA) is 90.5 Å². The number of aryl methyl sites for hydroxylation is 1. The van der Waals surface area contributed by atoms with Crippen LogP contribution in [-0.2, 0) is 16.0 Å². The SMILES string of the molecule is CCc1ccc(NC(=O)N[C@H]2C[C@H]3C(=O)N[C@H](C)C(=O)N3C2)cc1. The number of rotatable bonds is 3. The number of anilines is 1. The van der Waals surface area contributed by atoms with Crippen molar-refractivity contribution in [3.63, 3.8) is 0 Å². The van der Waals surface area contributed by atoms with E-state index in [0.717, 1.165) is 6.42 Å². The highest BCUT2D eigenvalue weighted by molar-refractivity contribution is 5.97. The Balaban J connectivity index is 1.57. The normalized spacial score (nSPS) is 25.9. The minimum atomic E-state index is -0.501. The predicted octanol–water partition coefficient (Wildman–Crippen LogP) is 0.858. The van der Waals surface area contributed by atoms with Gasteiger partial charge in [0.25, 0.3) is 0 Å². The molecule has 4 amide bonds. The number of amides is 4. The van der Waals surface area contributed by atoms with Crippen molar-refractivity contribution in [1.82, 2.24) is 15.5 Å². The van der Waals surface area contributed by atoms with Gasteiger partial charge in [0, 0.05) is 12.2 Å². The van der Waals surface area contributed by atoms with Crippen LogP contribution >= 0.6 is 0 Å². The van der Waals surface area contributed by atoms with Crippen LogP contribution in [0.2, 0.25) is 0 Å². The lowest BCUT2D eigenvalue weighted by Crippen LogP contribution is -2.60. The van der Waals surface area contributed by atoms with Crippen molar-refractivity contribution in [2.24, 2.45) is 0 Å². The molecule has 0 radical (unpaired) electrons. The van der Waals surface area contributed by atoms with Gasteiger partial charge in [0.1, 0.15) is 12.1 Å². The molecule has 2 saturated heterocycles. The second-order valence-electron chi connectivity index (χ2n) is 6.32. The maximum absolute atomic E-state index is 12.1. The molecule has 24 heavy (non-hydrogen) atoms. The van der Waals surface area contributed by atoms with Crippen LogP contribution in [-0.4, -0.2) is 47.4 Å². The highest BCUT2D eigenvalue weighted by Crippen LogP contribution is 2.22. The Morgan fingerprint density at radius 2 is 2.00 bits per heavy atom. The summed E-state index contributed by atoms with van der Waals surface area (Å²) < 4.78 is 0. The molecular weight excluding hydrogens is 308 g/mol. The average Bonchev–Trinajstić information content (AvgIpc) is 2.98. The van der Waals surface area contributed by atoms with Crippen LogP contribution in [0.5, 0.6) is 0 Å². The van der Waals surface area contributed by atoms with Crippen molar-refractivity contribution in [1.29, 1.82) is 0 Å². The van der Waals surface area contributed by atoms with E-state index in [0.29, 0.717) is 18.7 Å². The van der Waals surface area contributed by atoms with E-state index in [1.807, 2.05) is 24.3 Å². The summed E-state index contributed by atoms with van der Waals surface area (Å²) in [4.78, 5) is 37.8. The van der Waals surface area contributed by atoms with Crippen molar-refractivity contribution < 1.29 is 14.4 Å². The van der Waals surface area contributed by atoms with Crippen molar-refractivity contribution in [3.05, 3.63) is 29.8 Å². The van der Waals surface area contributed by atoms with Crippen LogP contribution in [0.25, 0.3) is 0 Å². The fraction of sp³-hybridized carbons (Fsp3) is 0.471. The monoisotopic (exact) mass is 330 g/mol. The van der Waals surface area contributed by atoms with Crippen LogP contribution in [0.4, 0.5) is 10.5 Å². The molecule has 2 aliphatic rings. The lowest BCUT2D eigenvalue weighted by molar-refractivity contribution is -0.146. The molecule has 7 nitrogen and oxygen atoms in total. The van der Waals surface area contributed by atoms with Gasteiger partial charge in [-0.1, -0.05) is 19.1 Å². The van der Waals surface area contributed by atoms with Crippen molar-refractivity contribution in [3.8, 4) is 0 Å². The predicted molar refractivity (Wildman–Crippen MR) is 89.5 cm³/mol. The Hall–Kier alpha value is -2.57. The second kappa shape index (κ2) is 6.51. The van der Waals surface area contributed by atoms with E-state index in [2.05, 4.69) is 22.9 Å². The average molecular weight is 330 g/mol. The Morgan fingerprint density at radius 1 is 1.29 bits per heavy atom. The van der Waals surface area contributed by atoms with Gasteiger partial charge in [0.2, 0.25) is 11.8 Å². The smallest absolute Gasteiger partial charge is 0.319 e. The summed E-state index contributed by atoms with van der Waals surface area (Å²) in [6.45, 7) is 4.11. The fourth-order valence-corrected chi connectivity index (χ4v) is 3.23. The van der Waals surface area contributed by atoms with Crippen molar-refractivity contribution in [2.45, 2.75) is 44.8 Å². The first kappa shape index (κ1) is 16.3. The molecule has 0 aliphatic carbocycles. The van der Waals surface area contributed by atoms with Gasteiger partial charge in [0.15, 0.2) is 0 Å². The third kappa shape index (κ3) is 3.20. The van der Waals surface area contributed by atoms with Crippen LogP contribution in [0.15, 0.2) is 24.3 Å². The molecule has 0 unspecified atom stereocenters. The third-order valence-corrected chi connectivity index (χ3v) is 4.57. The maximum Gasteiger partial charge on any atom is 0.319 e. The summed E-state index contributed by atoms with van der Waals surface area (Å²) in [6.07, 6.45) is 1.38. The van der Waals surface area contributed by atoms with Crippen LogP contribution in [0.3, 0.4) is 0 Å². The van der Waals surface area contributed by atoms with Crippen LogP contribution in [0.1, 0.15) is 25.8 Å². The third-order valence-electron chi connectivity index (χ3n) is 4.57. The molecule has 2 fully saturated rings. The lowest BCUT2D eigenvalue weighted by Gasteiger charge is -2.32. The van der Waals surface area contributed by atoms with Gasteiger partial charge >= 0.3 is 6.03 Å². The van der Waals surface area contributed by atoms with E-state index >= 15 is 0 Å². The van der Waals surface area contributed by atoms with E-state index in [4.69, 9.17) is 0 Å². The molecule has 7 heteroatoms. The number of fused-ring (bicyclic) bond motifs is 1. The zero-order chi connectivity index (χ0) is 17.3. The van der Waals surface area contributed by atoms with Crippen molar-refractivity contribution in [2.75, 3.05) is 11.9 Å². The summed E-state index contributed by atoms with van der Waals surface area (Å²) in [6, 6.07) is 6.10. The van der Waals surface area contributed by atoms with E-state index < -0.39 is 12.1 Å². The van der Waals surface area contributed by atoms with E-state index in [9.17, 15) is 14.4 Å². The number of piperazine rings is 1. The number of nitrogens with one attached hydrogen (secondary N) is 3. The van der Waals surface area contributed by atoms with Gasteiger partial charge in [-0.3, -0.25) is 9.59 Å². The molecule has 128 valence electrons. The standard InChI is InChI=1S/C17H22N4O3/c1-3-11-4-6-12(7-5-11)19-17(24)20-13-8-14-15(22)18-10(2)16(23)21(14)9-13/h4-7,10,13-14H,3,8-9H2,1-2H3,(H,18,22)(H2,19,20,24)/t10-,13+,14+/m1/s1. The summed E-state index contributed by atoms with van der Waals surface area (Å²) in [5, 5.41) is 8.29. The molecule has 2 aliphatic heterocycles. The summed E-state index contributed by atoms with van der Waals surface area (Å²) in [5.74, 6) is -0.249. The molecule has 2 heterocycles. The molecule has 1 aromatic carbocycles. The van der Waals surface area contributed by atoms with Gasteiger partial charge in [0.05, 0.1) is 6.04 Å². The molecule has 0 bridgehead atoms. The number of hydrogen-bond donors (Lipinski definition) is 3. The van der Waals surface area contributed by atoms with Gasteiger partial charge in [-0.2, -0.15) is 0 Å². The van der Waals surface area contributed by atoms with Gasteiger partial charge in [-0.25, -0.2) is 4.79 Å². The zero-order valence-corrected chi connectivity index (χ0v) is 13.8. The number of carbonyl (C=O) groups is 3. The number of hydrogen-bond acceptors (Lipinski definition) is 3. The zero-order valence-electron chi connectivity index (χ0n) is 13.8. The fourth-order valence-electron chi connectivity index (χ4n) is 3.23. The Bertz CT molecular complexity index is 658. The lowest BCUT2D eigenvalue weighted by atomic mass is 10.1. The number of nitrogens with zero attached hydrogens (tertiary/aromatic N) is 1. The van der Waals surface area contributed by atoms with E-state index in [1.54, 1.807) is 11.8 Å². The highest BCUT2D eigenvalue weighted by Gasteiger charge is 2.45. The molecule has 3 N–H and O–H groups in total. The summed E-state index contributed by atoms with van der Waals surface area (Å²) in [5.41, 5.74) is 1.91. The number of urea groups is 1.